The van der Waals surface area contributed by atoms with Crippen molar-refractivity contribution >= 4 is 11.9 Å². The van der Waals surface area contributed by atoms with Gasteiger partial charge < -0.3 is 14.8 Å². The van der Waals surface area contributed by atoms with E-state index in [1.807, 2.05) is 0 Å². The molecule has 1 aromatic carbocycles. The topological polar surface area (TPSA) is 64.6 Å². The lowest BCUT2D eigenvalue weighted by Crippen LogP contribution is -2.26. The van der Waals surface area contributed by atoms with E-state index in [2.05, 4.69) is 10.1 Å². The number of ether oxygens (including phenoxy) is 2. The number of benzene rings is 1. The molecule has 1 amide bonds. The molecule has 7 heteroatoms. The van der Waals surface area contributed by atoms with Gasteiger partial charge in [0.2, 0.25) is 0 Å². The number of amides is 1. The molecule has 0 aliphatic rings. The SMILES string of the molecule is CCOC(=O)CCNC(=O)c1ccc(OC(F)F)cc1. The van der Waals surface area contributed by atoms with Crippen molar-refractivity contribution in [1.29, 1.82) is 0 Å². The van der Waals surface area contributed by atoms with Crippen LogP contribution in [0.1, 0.15) is 23.7 Å². The van der Waals surface area contributed by atoms with Crippen molar-refractivity contribution in [2.45, 2.75) is 20.0 Å². The third-order valence-corrected chi connectivity index (χ3v) is 2.26. The minimum absolute atomic E-state index is 0.0249. The van der Waals surface area contributed by atoms with E-state index >= 15 is 0 Å². The largest absolute Gasteiger partial charge is 0.466 e. The van der Waals surface area contributed by atoms with Gasteiger partial charge >= 0.3 is 12.6 Å². The molecule has 0 spiro atoms. The first-order valence-corrected chi connectivity index (χ1v) is 6.01. The monoisotopic (exact) mass is 287 g/mol. The van der Waals surface area contributed by atoms with E-state index in [4.69, 9.17) is 4.74 Å². The maximum absolute atomic E-state index is 11.9. The molecule has 0 saturated carbocycles. The van der Waals surface area contributed by atoms with E-state index in [0.29, 0.717) is 6.61 Å². The lowest BCUT2D eigenvalue weighted by Gasteiger charge is -2.07. The number of halogens is 2. The summed E-state index contributed by atoms with van der Waals surface area (Å²) in [5.41, 5.74) is 0.287. The molecule has 20 heavy (non-hydrogen) atoms. The Morgan fingerprint density at radius 1 is 1.25 bits per heavy atom. The van der Waals surface area contributed by atoms with E-state index in [1.165, 1.54) is 24.3 Å². The zero-order chi connectivity index (χ0) is 15.0. The number of hydrogen-bond acceptors (Lipinski definition) is 4. The Bertz CT molecular complexity index is 448. The summed E-state index contributed by atoms with van der Waals surface area (Å²) in [6.07, 6.45) is 0.0756. The molecule has 0 fully saturated rings. The van der Waals surface area contributed by atoms with Gasteiger partial charge in [-0.3, -0.25) is 9.59 Å². The first-order chi connectivity index (χ1) is 9.52. The minimum Gasteiger partial charge on any atom is -0.466 e. The highest BCUT2D eigenvalue weighted by Gasteiger charge is 2.08. The Balaban J connectivity index is 2.41. The number of hydrogen-bond donors (Lipinski definition) is 1. The molecule has 1 rings (SSSR count). The van der Waals surface area contributed by atoms with Crippen LogP contribution in [0.5, 0.6) is 5.75 Å². The fourth-order valence-electron chi connectivity index (χ4n) is 1.40. The number of rotatable bonds is 7. The molecule has 0 atom stereocenters. The minimum atomic E-state index is -2.90. The second kappa shape index (κ2) is 8.08. The van der Waals surface area contributed by atoms with Gasteiger partial charge in [0, 0.05) is 12.1 Å². The number of nitrogens with one attached hydrogen (secondary N) is 1. The second-order valence-electron chi connectivity index (χ2n) is 3.71. The molecule has 5 nitrogen and oxygen atoms in total. The number of carbonyl (C=O) groups excluding carboxylic acids is 2. The zero-order valence-electron chi connectivity index (χ0n) is 10.9. The molecular weight excluding hydrogens is 272 g/mol. The molecule has 0 aromatic heterocycles. The van der Waals surface area contributed by atoms with Gasteiger partial charge in [0.15, 0.2) is 0 Å². The van der Waals surface area contributed by atoms with Crippen LogP contribution in [-0.4, -0.2) is 31.6 Å². The van der Waals surface area contributed by atoms with E-state index < -0.39 is 18.5 Å². The van der Waals surface area contributed by atoms with Crippen molar-refractivity contribution in [2.24, 2.45) is 0 Å². The molecule has 0 aliphatic heterocycles. The van der Waals surface area contributed by atoms with Crippen LogP contribution in [0.4, 0.5) is 8.78 Å². The summed E-state index contributed by atoms with van der Waals surface area (Å²) in [5, 5.41) is 2.52. The van der Waals surface area contributed by atoms with Crippen molar-refractivity contribution < 1.29 is 27.8 Å². The van der Waals surface area contributed by atoms with Crippen LogP contribution in [-0.2, 0) is 9.53 Å². The van der Waals surface area contributed by atoms with Gasteiger partial charge in [0.25, 0.3) is 5.91 Å². The Hall–Kier alpha value is -2.18. The van der Waals surface area contributed by atoms with Crippen molar-refractivity contribution in [1.82, 2.24) is 5.32 Å². The quantitative estimate of drug-likeness (QED) is 0.779. The maximum Gasteiger partial charge on any atom is 0.387 e. The highest BCUT2D eigenvalue weighted by atomic mass is 19.3. The van der Waals surface area contributed by atoms with Crippen LogP contribution in [0.2, 0.25) is 0 Å². The van der Waals surface area contributed by atoms with Crippen LogP contribution in [0.3, 0.4) is 0 Å². The van der Waals surface area contributed by atoms with Gasteiger partial charge in [-0.15, -0.1) is 0 Å². The van der Waals surface area contributed by atoms with Gasteiger partial charge in [0.05, 0.1) is 13.0 Å². The van der Waals surface area contributed by atoms with Crippen LogP contribution in [0, 0.1) is 0 Å². The number of esters is 1. The second-order valence-corrected chi connectivity index (χ2v) is 3.71. The first kappa shape index (κ1) is 15.9. The van der Waals surface area contributed by atoms with Crippen LogP contribution in [0.15, 0.2) is 24.3 Å². The molecule has 0 aliphatic carbocycles. The predicted molar refractivity (Wildman–Crippen MR) is 66.7 cm³/mol. The summed E-state index contributed by atoms with van der Waals surface area (Å²) >= 11 is 0. The van der Waals surface area contributed by atoms with Crippen molar-refractivity contribution in [3.8, 4) is 5.75 Å². The summed E-state index contributed by atoms with van der Waals surface area (Å²) in [5.74, 6) is -0.825. The molecule has 1 aromatic rings. The van der Waals surface area contributed by atoms with Crippen molar-refractivity contribution in [3.63, 3.8) is 0 Å². The smallest absolute Gasteiger partial charge is 0.387 e. The maximum atomic E-state index is 11.9. The Morgan fingerprint density at radius 3 is 2.45 bits per heavy atom. The van der Waals surface area contributed by atoms with E-state index in [1.54, 1.807) is 6.92 Å². The van der Waals surface area contributed by atoms with Gasteiger partial charge in [0.1, 0.15) is 5.75 Å². The Labute approximate surface area is 114 Å². The predicted octanol–water partition coefficient (Wildman–Crippen LogP) is 1.97. The van der Waals surface area contributed by atoms with Crippen molar-refractivity contribution in [2.75, 3.05) is 13.2 Å². The molecule has 110 valence electrons. The zero-order valence-corrected chi connectivity index (χ0v) is 10.9. The lowest BCUT2D eigenvalue weighted by molar-refractivity contribution is -0.142. The standard InChI is InChI=1S/C13H15F2NO4/c1-2-19-11(17)7-8-16-12(18)9-3-5-10(6-4-9)20-13(14)15/h3-6,13H,2,7-8H2,1H3,(H,16,18). The summed E-state index contributed by atoms with van der Waals surface area (Å²) in [7, 11) is 0. The number of carbonyl (C=O) groups is 2. The molecular formula is C13H15F2NO4. The van der Waals surface area contributed by atoms with Gasteiger partial charge in [-0.25, -0.2) is 0 Å². The fraction of sp³-hybridized carbons (Fsp3) is 0.385. The molecule has 0 unspecified atom stereocenters. The highest BCUT2D eigenvalue weighted by Crippen LogP contribution is 2.14. The highest BCUT2D eigenvalue weighted by molar-refractivity contribution is 5.94. The molecule has 0 saturated heterocycles. The van der Waals surface area contributed by atoms with E-state index in [-0.39, 0.29) is 24.3 Å². The third kappa shape index (κ3) is 5.64. The summed E-state index contributed by atoms with van der Waals surface area (Å²) in [6, 6.07) is 5.26. The molecule has 0 radical (unpaired) electrons. The van der Waals surface area contributed by atoms with E-state index in [0.717, 1.165) is 0 Å². The van der Waals surface area contributed by atoms with Crippen LogP contribution >= 0.6 is 0 Å². The van der Waals surface area contributed by atoms with Crippen molar-refractivity contribution in [3.05, 3.63) is 29.8 Å². The summed E-state index contributed by atoms with van der Waals surface area (Å²) in [4.78, 5) is 22.7. The van der Waals surface area contributed by atoms with Gasteiger partial charge in [-0.1, -0.05) is 0 Å². The average Bonchev–Trinajstić information content (AvgIpc) is 2.39. The Kier molecular flexibility index (Phi) is 6.42. The lowest BCUT2D eigenvalue weighted by atomic mass is 10.2. The normalized spacial score (nSPS) is 10.2. The summed E-state index contributed by atoms with van der Waals surface area (Å²) in [6.45, 7) is -0.774. The average molecular weight is 287 g/mol. The fourth-order valence-corrected chi connectivity index (χ4v) is 1.40. The third-order valence-electron chi connectivity index (χ3n) is 2.26. The molecule has 0 heterocycles. The summed E-state index contributed by atoms with van der Waals surface area (Å²) < 4.78 is 32.7. The Morgan fingerprint density at radius 2 is 1.90 bits per heavy atom. The first-order valence-electron chi connectivity index (χ1n) is 6.01. The van der Waals surface area contributed by atoms with Crippen LogP contribution in [0.25, 0.3) is 0 Å². The van der Waals surface area contributed by atoms with Gasteiger partial charge in [-0.05, 0) is 31.2 Å². The van der Waals surface area contributed by atoms with Crippen LogP contribution < -0.4 is 10.1 Å². The van der Waals surface area contributed by atoms with E-state index in [9.17, 15) is 18.4 Å². The van der Waals surface area contributed by atoms with Gasteiger partial charge in [-0.2, -0.15) is 8.78 Å². The molecule has 0 bridgehead atoms. The number of alkyl halides is 2. The molecule has 1 N–H and O–H groups in total.